The van der Waals surface area contributed by atoms with Crippen LogP contribution in [0.3, 0.4) is 0 Å². The highest BCUT2D eigenvalue weighted by Gasteiger charge is 2.20. The summed E-state index contributed by atoms with van der Waals surface area (Å²) in [6, 6.07) is 25.1. The molecule has 0 saturated carbocycles. The number of aromatic nitrogens is 1. The summed E-state index contributed by atoms with van der Waals surface area (Å²) < 4.78 is 0. The SMILES string of the molecule is O=C(CN1CCN(Cc2cccc3ccccc23)CC1)Nc1nc(-c2ccccc2)cs1. The average molecular weight is 443 g/mol. The van der Waals surface area contributed by atoms with E-state index in [0.717, 1.165) is 44.0 Å². The fourth-order valence-corrected chi connectivity index (χ4v) is 4.95. The first-order valence-electron chi connectivity index (χ1n) is 11.0. The zero-order chi connectivity index (χ0) is 21.8. The van der Waals surface area contributed by atoms with Gasteiger partial charge >= 0.3 is 0 Å². The summed E-state index contributed by atoms with van der Waals surface area (Å²) in [5, 5.41) is 8.22. The van der Waals surface area contributed by atoms with Crippen LogP contribution in [0.4, 0.5) is 5.13 Å². The molecule has 2 heterocycles. The highest BCUT2D eigenvalue weighted by atomic mass is 32.1. The van der Waals surface area contributed by atoms with Gasteiger partial charge in [0.1, 0.15) is 0 Å². The van der Waals surface area contributed by atoms with Crippen LogP contribution in [-0.2, 0) is 11.3 Å². The van der Waals surface area contributed by atoms with E-state index in [1.54, 1.807) is 0 Å². The van der Waals surface area contributed by atoms with Gasteiger partial charge in [0, 0.05) is 43.7 Å². The molecule has 1 saturated heterocycles. The van der Waals surface area contributed by atoms with Crippen molar-refractivity contribution in [3.05, 3.63) is 83.7 Å². The Hall–Kier alpha value is -3.06. The Morgan fingerprint density at radius 3 is 2.44 bits per heavy atom. The Bertz CT molecular complexity index is 1190. The van der Waals surface area contributed by atoms with Crippen molar-refractivity contribution in [1.82, 2.24) is 14.8 Å². The molecular formula is C26H26N4OS. The average Bonchev–Trinajstić information content (AvgIpc) is 3.29. The molecule has 1 aliphatic rings. The molecular weight excluding hydrogens is 416 g/mol. The maximum atomic E-state index is 12.5. The van der Waals surface area contributed by atoms with Crippen LogP contribution in [0, 0.1) is 0 Å². The number of anilines is 1. The quantitative estimate of drug-likeness (QED) is 0.469. The maximum Gasteiger partial charge on any atom is 0.240 e. The summed E-state index contributed by atoms with van der Waals surface area (Å²) >= 11 is 1.47. The number of carbonyl (C=O) groups is 1. The van der Waals surface area contributed by atoms with Crippen LogP contribution in [0.1, 0.15) is 5.56 Å². The summed E-state index contributed by atoms with van der Waals surface area (Å²) in [6.45, 7) is 5.07. The van der Waals surface area contributed by atoms with Gasteiger partial charge in [0.15, 0.2) is 5.13 Å². The predicted molar refractivity (Wildman–Crippen MR) is 132 cm³/mol. The minimum Gasteiger partial charge on any atom is -0.301 e. The molecule has 0 unspecified atom stereocenters. The smallest absolute Gasteiger partial charge is 0.240 e. The summed E-state index contributed by atoms with van der Waals surface area (Å²) in [5.41, 5.74) is 3.33. The number of piperazine rings is 1. The number of hydrogen-bond donors (Lipinski definition) is 1. The normalized spacial score (nSPS) is 15.1. The first-order chi connectivity index (χ1) is 15.7. The number of carbonyl (C=O) groups excluding carboxylic acids is 1. The van der Waals surface area contributed by atoms with Crippen LogP contribution in [0.25, 0.3) is 22.0 Å². The number of hydrogen-bond acceptors (Lipinski definition) is 5. The van der Waals surface area contributed by atoms with E-state index in [0.29, 0.717) is 11.7 Å². The van der Waals surface area contributed by atoms with E-state index >= 15 is 0 Å². The van der Waals surface area contributed by atoms with Gasteiger partial charge in [0.05, 0.1) is 12.2 Å². The molecule has 0 spiro atoms. The summed E-state index contributed by atoms with van der Waals surface area (Å²) in [4.78, 5) is 21.8. The standard InChI is InChI=1S/C26H26N4OS/c31-25(28-26-27-24(19-32-26)21-8-2-1-3-9-21)18-30-15-13-29(14-16-30)17-22-11-6-10-20-7-4-5-12-23(20)22/h1-12,19H,13-18H2,(H,27,28,31). The second-order valence-corrected chi connectivity index (χ2v) is 9.00. The predicted octanol–water partition coefficient (Wildman–Crippen LogP) is 4.72. The van der Waals surface area contributed by atoms with Gasteiger partial charge < -0.3 is 5.32 Å². The van der Waals surface area contributed by atoms with Gasteiger partial charge in [-0.05, 0) is 16.3 Å². The molecule has 1 N–H and O–H groups in total. The van der Waals surface area contributed by atoms with Crippen molar-refractivity contribution in [2.24, 2.45) is 0 Å². The number of amides is 1. The molecule has 0 atom stereocenters. The van der Waals surface area contributed by atoms with Crippen LogP contribution in [0.5, 0.6) is 0 Å². The van der Waals surface area contributed by atoms with Gasteiger partial charge in [-0.3, -0.25) is 14.6 Å². The van der Waals surface area contributed by atoms with Crippen molar-refractivity contribution >= 4 is 33.1 Å². The highest BCUT2D eigenvalue weighted by molar-refractivity contribution is 7.14. The van der Waals surface area contributed by atoms with Crippen molar-refractivity contribution in [2.45, 2.75) is 6.54 Å². The van der Waals surface area contributed by atoms with Gasteiger partial charge in [-0.2, -0.15) is 0 Å². The highest BCUT2D eigenvalue weighted by Crippen LogP contribution is 2.24. The molecule has 1 aliphatic heterocycles. The lowest BCUT2D eigenvalue weighted by molar-refractivity contribution is -0.117. The van der Waals surface area contributed by atoms with E-state index in [-0.39, 0.29) is 5.91 Å². The Morgan fingerprint density at radius 2 is 1.59 bits per heavy atom. The molecule has 32 heavy (non-hydrogen) atoms. The number of thiazole rings is 1. The monoisotopic (exact) mass is 442 g/mol. The van der Waals surface area contributed by atoms with Crippen molar-refractivity contribution in [3.63, 3.8) is 0 Å². The summed E-state index contributed by atoms with van der Waals surface area (Å²) in [6.07, 6.45) is 0. The molecule has 0 bridgehead atoms. The first kappa shape index (κ1) is 20.8. The summed E-state index contributed by atoms with van der Waals surface area (Å²) in [5.74, 6) is 0.00136. The van der Waals surface area contributed by atoms with Crippen LogP contribution in [0.15, 0.2) is 78.2 Å². The fraction of sp³-hybridized carbons (Fsp3) is 0.231. The van der Waals surface area contributed by atoms with Crippen molar-refractivity contribution in [2.75, 3.05) is 38.0 Å². The molecule has 4 aromatic rings. The number of nitrogens with one attached hydrogen (secondary N) is 1. The zero-order valence-corrected chi connectivity index (χ0v) is 18.7. The number of rotatable bonds is 6. The van der Waals surface area contributed by atoms with E-state index in [2.05, 4.69) is 62.6 Å². The molecule has 5 rings (SSSR count). The lowest BCUT2D eigenvalue weighted by atomic mass is 10.0. The van der Waals surface area contributed by atoms with Gasteiger partial charge in [-0.1, -0.05) is 72.8 Å². The van der Waals surface area contributed by atoms with E-state index in [1.165, 1.54) is 27.7 Å². The summed E-state index contributed by atoms with van der Waals surface area (Å²) in [7, 11) is 0. The van der Waals surface area contributed by atoms with Crippen molar-refractivity contribution in [1.29, 1.82) is 0 Å². The molecule has 5 nitrogen and oxygen atoms in total. The zero-order valence-electron chi connectivity index (χ0n) is 17.9. The number of fused-ring (bicyclic) bond motifs is 1. The van der Waals surface area contributed by atoms with Crippen LogP contribution >= 0.6 is 11.3 Å². The van der Waals surface area contributed by atoms with Gasteiger partial charge in [0.2, 0.25) is 5.91 Å². The minimum absolute atomic E-state index is 0.00136. The number of benzene rings is 3. The van der Waals surface area contributed by atoms with Crippen LogP contribution in [-0.4, -0.2) is 53.4 Å². The van der Waals surface area contributed by atoms with E-state index in [4.69, 9.17) is 0 Å². The van der Waals surface area contributed by atoms with E-state index in [9.17, 15) is 4.79 Å². The molecule has 0 aliphatic carbocycles. The molecule has 6 heteroatoms. The third kappa shape index (κ3) is 4.88. The van der Waals surface area contributed by atoms with Crippen LogP contribution < -0.4 is 5.32 Å². The fourth-order valence-electron chi connectivity index (χ4n) is 4.21. The van der Waals surface area contributed by atoms with E-state index in [1.807, 2.05) is 35.7 Å². The second kappa shape index (κ2) is 9.61. The number of nitrogens with zero attached hydrogens (tertiary/aromatic N) is 3. The Kier molecular flexibility index (Phi) is 6.25. The first-order valence-corrected chi connectivity index (χ1v) is 11.8. The molecule has 0 radical (unpaired) electrons. The third-order valence-corrected chi connectivity index (χ3v) is 6.68. The third-order valence-electron chi connectivity index (χ3n) is 5.93. The molecule has 1 fully saturated rings. The molecule has 1 amide bonds. The van der Waals surface area contributed by atoms with Crippen LogP contribution in [0.2, 0.25) is 0 Å². The van der Waals surface area contributed by atoms with Crippen molar-refractivity contribution < 1.29 is 4.79 Å². The van der Waals surface area contributed by atoms with Gasteiger partial charge in [0.25, 0.3) is 0 Å². The van der Waals surface area contributed by atoms with Crippen molar-refractivity contribution in [3.8, 4) is 11.3 Å². The Balaban J connectivity index is 1.12. The lowest BCUT2D eigenvalue weighted by Gasteiger charge is -2.34. The second-order valence-electron chi connectivity index (χ2n) is 8.14. The largest absolute Gasteiger partial charge is 0.301 e. The molecule has 3 aromatic carbocycles. The Labute approximate surface area is 192 Å². The van der Waals surface area contributed by atoms with Gasteiger partial charge in [-0.15, -0.1) is 11.3 Å². The minimum atomic E-state index is 0.00136. The Morgan fingerprint density at radius 1 is 0.875 bits per heavy atom. The molecule has 162 valence electrons. The topological polar surface area (TPSA) is 48.5 Å². The lowest BCUT2D eigenvalue weighted by Crippen LogP contribution is -2.48. The maximum absolute atomic E-state index is 12.5. The van der Waals surface area contributed by atoms with E-state index < -0.39 is 0 Å². The molecule has 1 aromatic heterocycles. The van der Waals surface area contributed by atoms with Gasteiger partial charge in [-0.25, -0.2) is 4.98 Å².